The Labute approximate surface area is 114 Å². The van der Waals surface area contributed by atoms with E-state index in [1.807, 2.05) is 0 Å². The molecule has 0 spiro atoms. The number of carboxylic acids is 1. The Morgan fingerprint density at radius 1 is 1.15 bits per heavy atom. The summed E-state index contributed by atoms with van der Waals surface area (Å²) < 4.78 is 24.2. The first-order valence-electron chi connectivity index (χ1n) is 5.96. The van der Waals surface area contributed by atoms with Gasteiger partial charge in [0, 0.05) is 5.56 Å². The molecule has 0 fully saturated rings. The Balaban J connectivity index is 2.59. The quantitative estimate of drug-likeness (QED) is 0.705. The Bertz CT molecular complexity index is 453. The van der Waals surface area contributed by atoms with E-state index in [9.17, 15) is 18.4 Å². The van der Waals surface area contributed by atoms with Crippen LogP contribution in [0.1, 0.15) is 23.2 Å². The molecule has 0 saturated carbocycles. The van der Waals surface area contributed by atoms with E-state index in [1.54, 1.807) is 18.2 Å². The van der Waals surface area contributed by atoms with Crippen LogP contribution in [0, 0.1) is 0 Å². The first-order chi connectivity index (χ1) is 9.41. The number of rotatable bonds is 7. The molecular weight excluding hydrogens is 272 g/mol. The third kappa shape index (κ3) is 4.93. The van der Waals surface area contributed by atoms with Crippen molar-refractivity contribution in [3.8, 4) is 0 Å². The molecule has 7 heteroatoms. The van der Waals surface area contributed by atoms with Crippen LogP contribution in [0.15, 0.2) is 30.3 Å². The predicted molar refractivity (Wildman–Crippen MR) is 66.6 cm³/mol. The maximum atomic E-state index is 12.1. The number of aliphatic hydroxyl groups excluding tert-OH is 1. The van der Waals surface area contributed by atoms with E-state index in [0.717, 1.165) is 0 Å². The van der Waals surface area contributed by atoms with Crippen molar-refractivity contribution in [1.29, 1.82) is 0 Å². The average Bonchev–Trinajstić information content (AvgIpc) is 2.43. The van der Waals surface area contributed by atoms with Crippen LogP contribution < -0.4 is 5.32 Å². The molecular formula is C13H15F2NO4. The van der Waals surface area contributed by atoms with Crippen molar-refractivity contribution in [3.05, 3.63) is 35.9 Å². The molecule has 1 amide bonds. The van der Waals surface area contributed by atoms with Crippen molar-refractivity contribution in [3.63, 3.8) is 0 Å². The van der Waals surface area contributed by atoms with Crippen molar-refractivity contribution in [2.75, 3.05) is 0 Å². The van der Waals surface area contributed by atoms with Gasteiger partial charge in [-0.05, 0) is 25.0 Å². The fourth-order valence-electron chi connectivity index (χ4n) is 1.55. The summed E-state index contributed by atoms with van der Waals surface area (Å²) in [6, 6.07) is 6.61. The molecule has 0 aliphatic carbocycles. The number of nitrogens with one attached hydrogen (secondary N) is 1. The lowest BCUT2D eigenvalue weighted by atomic mass is 10.1. The van der Waals surface area contributed by atoms with Gasteiger partial charge < -0.3 is 15.5 Å². The molecule has 5 nitrogen and oxygen atoms in total. The van der Waals surface area contributed by atoms with Crippen molar-refractivity contribution in [2.45, 2.75) is 31.4 Å². The summed E-state index contributed by atoms with van der Waals surface area (Å²) in [6.07, 6.45) is -5.52. The van der Waals surface area contributed by atoms with Crippen LogP contribution in [0.25, 0.3) is 0 Å². The highest BCUT2D eigenvalue weighted by Crippen LogP contribution is 2.10. The van der Waals surface area contributed by atoms with Crippen LogP contribution in [0.4, 0.5) is 8.78 Å². The smallest absolute Gasteiger partial charge is 0.326 e. The minimum absolute atomic E-state index is 0.271. The molecule has 1 rings (SSSR count). The van der Waals surface area contributed by atoms with Crippen molar-refractivity contribution >= 4 is 11.9 Å². The molecule has 0 aromatic heterocycles. The van der Waals surface area contributed by atoms with Crippen molar-refractivity contribution in [2.24, 2.45) is 0 Å². The zero-order valence-electron chi connectivity index (χ0n) is 10.5. The highest BCUT2D eigenvalue weighted by Gasteiger charge is 2.24. The first kappa shape index (κ1) is 16.0. The Hall–Kier alpha value is -2.02. The number of aliphatic hydroxyl groups is 1. The number of halogens is 2. The second kappa shape index (κ2) is 7.54. The van der Waals surface area contributed by atoms with E-state index < -0.39 is 36.9 Å². The van der Waals surface area contributed by atoms with Crippen LogP contribution in [-0.4, -0.2) is 40.7 Å². The normalized spacial score (nSPS) is 13.8. The highest BCUT2D eigenvalue weighted by atomic mass is 19.3. The SMILES string of the molecule is O=C(N[C@H](CC[C@H](O)C(F)F)C(=O)O)c1ccccc1. The summed E-state index contributed by atoms with van der Waals surface area (Å²) in [7, 11) is 0. The van der Waals surface area contributed by atoms with Gasteiger partial charge in [-0.1, -0.05) is 18.2 Å². The van der Waals surface area contributed by atoms with E-state index in [0.29, 0.717) is 0 Å². The number of aliphatic carboxylic acids is 1. The number of alkyl halides is 2. The zero-order chi connectivity index (χ0) is 15.1. The van der Waals surface area contributed by atoms with Gasteiger partial charge in [0.05, 0.1) is 0 Å². The number of amides is 1. The summed E-state index contributed by atoms with van der Waals surface area (Å²) in [6.45, 7) is 0. The molecule has 20 heavy (non-hydrogen) atoms. The molecule has 0 aliphatic heterocycles. The van der Waals surface area contributed by atoms with Crippen LogP contribution in [-0.2, 0) is 4.79 Å². The van der Waals surface area contributed by atoms with E-state index >= 15 is 0 Å². The molecule has 0 bridgehead atoms. The highest BCUT2D eigenvalue weighted by molar-refractivity contribution is 5.96. The number of benzene rings is 1. The number of hydrogen-bond donors (Lipinski definition) is 3. The van der Waals surface area contributed by atoms with Crippen molar-refractivity contribution in [1.82, 2.24) is 5.32 Å². The summed E-state index contributed by atoms with van der Waals surface area (Å²) in [5.74, 6) is -1.94. The monoisotopic (exact) mass is 287 g/mol. The third-order valence-corrected chi connectivity index (χ3v) is 2.68. The van der Waals surface area contributed by atoms with Gasteiger partial charge in [0.15, 0.2) is 0 Å². The Morgan fingerprint density at radius 3 is 2.25 bits per heavy atom. The van der Waals surface area contributed by atoms with Crippen LogP contribution in [0.5, 0.6) is 0 Å². The Morgan fingerprint density at radius 2 is 1.75 bits per heavy atom. The van der Waals surface area contributed by atoms with Gasteiger partial charge >= 0.3 is 5.97 Å². The standard InChI is InChI=1S/C13H15F2NO4/c14-11(15)10(17)7-6-9(13(19)20)16-12(18)8-4-2-1-3-5-8/h1-5,9-11,17H,6-7H2,(H,16,18)(H,19,20)/t9-,10+/m1/s1. The second-order valence-corrected chi connectivity index (χ2v) is 4.21. The molecule has 0 saturated heterocycles. The topological polar surface area (TPSA) is 86.6 Å². The van der Waals surface area contributed by atoms with Gasteiger partial charge in [-0.15, -0.1) is 0 Å². The molecule has 0 radical (unpaired) electrons. The van der Waals surface area contributed by atoms with Crippen LogP contribution in [0.2, 0.25) is 0 Å². The van der Waals surface area contributed by atoms with Gasteiger partial charge in [-0.25, -0.2) is 13.6 Å². The van der Waals surface area contributed by atoms with Crippen LogP contribution in [0.3, 0.4) is 0 Å². The third-order valence-electron chi connectivity index (χ3n) is 2.68. The summed E-state index contributed by atoms with van der Waals surface area (Å²) >= 11 is 0. The lowest BCUT2D eigenvalue weighted by Gasteiger charge is -2.16. The largest absolute Gasteiger partial charge is 0.480 e. The maximum Gasteiger partial charge on any atom is 0.326 e. The zero-order valence-corrected chi connectivity index (χ0v) is 10.5. The summed E-state index contributed by atoms with van der Waals surface area (Å²) in [4.78, 5) is 22.7. The Kier molecular flexibility index (Phi) is 6.05. The molecule has 2 atom stereocenters. The summed E-state index contributed by atoms with van der Waals surface area (Å²) in [5, 5.41) is 20.1. The summed E-state index contributed by atoms with van der Waals surface area (Å²) in [5.41, 5.74) is 0.271. The van der Waals surface area contributed by atoms with E-state index in [2.05, 4.69) is 5.32 Å². The fraction of sp³-hybridized carbons (Fsp3) is 0.385. The molecule has 1 aromatic carbocycles. The van der Waals surface area contributed by atoms with E-state index in [1.165, 1.54) is 12.1 Å². The van der Waals surface area contributed by atoms with Gasteiger partial charge in [-0.3, -0.25) is 4.79 Å². The molecule has 0 aliphatic rings. The first-order valence-corrected chi connectivity index (χ1v) is 5.96. The minimum atomic E-state index is -2.94. The predicted octanol–water partition coefficient (Wildman–Crippen LogP) is 1.28. The second-order valence-electron chi connectivity index (χ2n) is 4.21. The minimum Gasteiger partial charge on any atom is -0.480 e. The van der Waals surface area contributed by atoms with Gasteiger partial charge in [-0.2, -0.15) is 0 Å². The molecule has 1 aromatic rings. The fourth-order valence-corrected chi connectivity index (χ4v) is 1.55. The van der Waals surface area contributed by atoms with Crippen molar-refractivity contribution < 1.29 is 28.6 Å². The molecule has 0 unspecified atom stereocenters. The van der Waals surface area contributed by atoms with Gasteiger partial charge in [0.25, 0.3) is 12.3 Å². The lowest BCUT2D eigenvalue weighted by Crippen LogP contribution is -2.41. The number of hydrogen-bond acceptors (Lipinski definition) is 3. The number of carboxylic acid groups (broad SMARTS) is 1. The lowest BCUT2D eigenvalue weighted by molar-refractivity contribution is -0.139. The van der Waals surface area contributed by atoms with Crippen LogP contribution >= 0.6 is 0 Å². The number of carbonyl (C=O) groups excluding carboxylic acids is 1. The maximum absolute atomic E-state index is 12.1. The number of carbonyl (C=O) groups is 2. The van der Waals surface area contributed by atoms with Gasteiger partial charge in [0.2, 0.25) is 0 Å². The van der Waals surface area contributed by atoms with Gasteiger partial charge in [0.1, 0.15) is 12.1 Å². The average molecular weight is 287 g/mol. The van der Waals surface area contributed by atoms with E-state index in [4.69, 9.17) is 10.2 Å². The molecule has 3 N–H and O–H groups in total. The van der Waals surface area contributed by atoms with E-state index in [-0.39, 0.29) is 12.0 Å². The molecule has 0 heterocycles. The molecule has 110 valence electrons.